The fourth-order valence-electron chi connectivity index (χ4n) is 1.94. The minimum absolute atomic E-state index is 0. The Labute approximate surface area is 147 Å². The van der Waals surface area contributed by atoms with Crippen LogP contribution in [0.25, 0.3) is 0 Å². The zero-order valence-electron chi connectivity index (χ0n) is 13.0. The van der Waals surface area contributed by atoms with Gasteiger partial charge < -0.3 is 10.1 Å². The third kappa shape index (κ3) is 5.99. The second kappa shape index (κ2) is 9.88. The molecule has 0 radical (unpaired) electrons. The zero-order chi connectivity index (χ0) is 15.1. The van der Waals surface area contributed by atoms with Gasteiger partial charge in [-0.2, -0.15) is 0 Å². The van der Waals surface area contributed by atoms with Crippen molar-refractivity contribution in [2.75, 3.05) is 0 Å². The fraction of sp³-hybridized carbons (Fsp3) is 0.333. The molecule has 4 heteroatoms. The van der Waals surface area contributed by atoms with Gasteiger partial charge in [0.2, 0.25) is 0 Å². The molecular weight excluding hydrogens is 362 g/mol. The fourth-order valence-corrected chi connectivity index (χ4v) is 2.48. The Bertz CT molecular complexity index is 562. The lowest BCUT2D eigenvalue weighted by Crippen LogP contribution is -2.24. The maximum absolute atomic E-state index is 5.86. The first kappa shape index (κ1) is 19.0. The third-order valence-electron chi connectivity index (χ3n) is 3.50. The molecule has 2 nitrogen and oxygen atoms in total. The van der Waals surface area contributed by atoms with E-state index >= 15 is 0 Å². The second-order valence-corrected chi connectivity index (χ2v) is 6.08. The van der Waals surface area contributed by atoms with E-state index in [4.69, 9.17) is 4.74 Å². The average Bonchev–Trinajstić information content (AvgIpc) is 2.52. The molecule has 2 aromatic carbocycles. The first-order chi connectivity index (χ1) is 10.2. The minimum Gasteiger partial charge on any atom is -0.488 e. The molecule has 0 aliphatic rings. The monoisotopic (exact) mass is 383 g/mol. The highest BCUT2D eigenvalue weighted by Gasteiger charge is 2.04. The Hall–Kier alpha value is -1.03. The largest absolute Gasteiger partial charge is 0.488 e. The van der Waals surface area contributed by atoms with Gasteiger partial charge in [0.1, 0.15) is 12.4 Å². The molecule has 1 atom stereocenters. The third-order valence-corrected chi connectivity index (χ3v) is 4.12. The molecule has 0 aliphatic carbocycles. The Balaban J connectivity index is 0.00000242. The summed E-state index contributed by atoms with van der Waals surface area (Å²) in [5.41, 5.74) is 2.43. The van der Waals surface area contributed by atoms with E-state index in [0.29, 0.717) is 12.6 Å². The molecule has 0 aromatic heterocycles. The molecule has 1 unspecified atom stereocenters. The van der Waals surface area contributed by atoms with Crippen LogP contribution in [-0.2, 0) is 13.2 Å². The van der Waals surface area contributed by atoms with Gasteiger partial charge in [-0.15, -0.1) is 12.4 Å². The van der Waals surface area contributed by atoms with Gasteiger partial charge in [-0.3, -0.25) is 0 Å². The second-order valence-electron chi connectivity index (χ2n) is 5.23. The van der Waals surface area contributed by atoms with Crippen LogP contribution >= 0.6 is 28.3 Å². The van der Waals surface area contributed by atoms with E-state index in [1.807, 2.05) is 24.3 Å². The lowest BCUT2D eigenvalue weighted by molar-refractivity contribution is 0.304. The van der Waals surface area contributed by atoms with Crippen molar-refractivity contribution in [3.8, 4) is 5.75 Å². The van der Waals surface area contributed by atoms with Crippen molar-refractivity contribution in [2.45, 2.75) is 39.5 Å². The van der Waals surface area contributed by atoms with Crippen LogP contribution in [0.15, 0.2) is 53.0 Å². The minimum atomic E-state index is 0. The Morgan fingerprint density at radius 1 is 1.09 bits per heavy atom. The number of halogens is 2. The summed E-state index contributed by atoms with van der Waals surface area (Å²) in [4.78, 5) is 0. The summed E-state index contributed by atoms with van der Waals surface area (Å²) in [6, 6.07) is 17.0. The van der Waals surface area contributed by atoms with Crippen molar-refractivity contribution >= 4 is 28.3 Å². The summed E-state index contributed by atoms with van der Waals surface area (Å²) in [5, 5.41) is 3.49. The molecule has 2 aromatic rings. The van der Waals surface area contributed by atoms with E-state index in [-0.39, 0.29) is 12.4 Å². The van der Waals surface area contributed by atoms with Crippen LogP contribution in [0.4, 0.5) is 0 Å². The van der Waals surface area contributed by atoms with E-state index in [2.05, 4.69) is 59.4 Å². The van der Waals surface area contributed by atoms with Gasteiger partial charge in [-0.1, -0.05) is 43.3 Å². The Morgan fingerprint density at radius 2 is 1.82 bits per heavy atom. The molecule has 0 saturated carbocycles. The van der Waals surface area contributed by atoms with Gasteiger partial charge >= 0.3 is 0 Å². The van der Waals surface area contributed by atoms with E-state index in [0.717, 1.165) is 23.2 Å². The van der Waals surface area contributed by atoms with Gasteiger partial charge in [0.15, 0.2) is 0 Å². The predicted octanol–water partition coefficient (Wildman–Crippen LogP) is 5.34. The van der Waals surface area contributed by atoms with Crippen molar-refractivity contribution in [3.63, 3.8) is 0 Å². The van der Waals surface area contributed by atoms with Gasteiger partial charge in [0.25, 0.3) is 0 Å². The van der Waals surface area contributed by atoms with Crippen LogP contribution in [0.5, 0.6) is 5.75 Å². The molecule has 0 saturated heterocycles. The summed E-state index contributed by atoms with van der Waals surface area (Å²) in [7, 11) is 0. The molecule has 0 aliphatic heterocycles. The smallest absolute Gasteiger partial charge is 0.134 e. The van der Waals surface area contributed by atoms with Crippen LogP contribution in [0.1, 0.15) is 31.4 Å². The highest BCUT2D eigenvalue weighted by molar-refractivity contribution is 9.10. The number of ether oxygens (including phenoxy) is 1. The van der Waals surface area contributed by atoms with Crippen molar-refractivity contribution < 1.29 is 4.74 Å². The molecule has 120 valence electrons. The molecule has 0 spiro atoms. The number of hydrogen-bond donors (Lipinski definition) is 1. The van der Waals surface area contributed by atoms with Crippen molar-refractivity contribution in [2.24, 2.45) is 0 Å². The van der Waals surface area contributed by atoms with Gasteiger partial charge in [0, 0.05) is 12.6 Å². The van der Waals surface area contributed by atoms with Gasteiger partial charge in [0.05, 0.1) is 4.47 Å². The van der Waals surface area contributed by atoms with Crippen LogP contribution in [0.3, 0.4) is 0 Å². The van der Waals surface area contributed by atoms with Crippen molar-refractivity contribution in [1.82, 2.24) is 5.32 Å². The molecule has 0 fully saturated rings. The highest BCUT2D eigenvalue weighted by atomic mass is 79.9. The standard InChI is InChI=1S/C18H22BrNO.ClH/c1-3-14(2)20-12-16-9-10-18(17(19)11-16)21-13-15-7-5-4-6-8-15;/h4-11,14,20H,3,12-13H2,1-2H3;1H. The average molecular weight is 385 g/mol. The molecule has 0 amide bonds. The first-order valence-electron chi connectivity index (χ1n) is 7.37. The molecule has 22 heavy (non-hydrogen) atoms. The van der Waals surface area contributed by atoms with E-state index in [9.17, 15) is 0 Å². The van der Waals surface area contributed by atoms with Gasteiger partial charge in [-0.05, 0) is 52.5 Å². The maximum atomic E-state index is 5.86. The molecular formula is C18H23BrClNO. The lowest BCUT2D eigenvalue weighted by Gasteiger charge is -2.13. The topological polar surface area (TPSA) is 21.3 Å². The van der Waals surface area contributed by atoms with E-state index < -0.39 is 0 Å². The van der Waals surface area contributed by atoms with Gasteiger partial charge in [-0.25, -0.2) is 0 Å². The van der Waals surface area contributed by atoms with E-state index in [1.54, 1.807) is 0 Å². The van der Waals surface area contributed by atoms with Crippen LogP contribution in [0.2, 0.25) is 0 Å². The van der Waals surface area contributed by atoms with Crippen LogP contribution < -0.4 is 10.1 Å². The first-order valence-corrected chi connectivity index (χ1v) is 8.17. The van der Waals surface area contributed by atoms with Crippen molar-refractivity contribution in [1.29, 1.82) is 0 Å². The lowest BCUT2D eigenvalue weighted by atomic mass is 10.2. The maximum Gasteiger partial charge on any atom is 0.134 e. The number of rotatable bonds is 7. The number of hydrogen-bond acceptors (Lipinski definition) is 2. The zero-order valence-corrected chi connectivity index (χ0v) is 15.4. The van der Waals surface area contributed by atoms with E-state index in [1.165, 1.54) is 11.1 Å². The molecule has 1 N–H and O–H groups in total. The molecule has 2 rings (SSSR count). The highest BCUT2D eigenvalue weighted by Crippen LogP contribution is 2.26. The van der Waals surface area contributed by atoms with Crippen LogP contribution in [0, 0.1) is 0 Å². The summed E-state index contributed by atoms with van der Waals surface area (Å²) >= 11 is 3.59. The molecule has 0 heterocycles. The quantitative estimate of drug-likeness (QED) is 0.696. The predicted molar refractivity (Wildman–Crippen MR) is 98.8 cm³/mol. The summed E-state index contributed by atoms with van der Waals surface area (Å²) in [6.45, 7) is 5.86. The summed E-state index contributed by atoms with van der Waals surface area (Å²) in [6.07, 6.45) is 1.14. The summed E-state index contributed by atoms with van der Waals surface area (Å²) in [5.74, 6) is 0.881. The number of benzene rings is 2. The normalized spacial score (nSPS) is 11.6. The molecule has 0 bridgehead atoms. The number of nitrogens with one attached hydrogen (secondary N) is 1. The Kier molecular flexibility index (Phi) is 8.54. The van der Waals surface area contributed by atoms with Crippen molar-refractivity contribution in [3.05, 3.63) is 64.1 Å². The summed E-state index contributed by atoms with van der Waals surface area (Å²) < 4.78 is 6.86. The SMILES string of the molecule is CCC(C)NCc1ccc(OCc2ccccc2)c(Br)c1.Cl. The van der Waals surface area contributed by atoms with Crippen LogP contribution in [-0.4, -0.2) is 6.04 Å². The Morgan fingerprint density at radius 3 is 2.45 bits per heavy atom.